The zero-order chi connectivity index (χ0) is 23.3. The van der Waals surface area contributed by atoms with Gasteiger partial charge in [-0.1, -0.05) is 114 Å². The van der Waals surface area contributed by atoms with E-state index in [1.54, 1.807) is 11.3 Å². The van der Waals surface area contributed by atoms with Crippen LogP contribution in [0, 0.1) is 6.92 Å². The molecule has 4 aromatic carbocycles. The molecule has 0 saturated heterocycles. The minimum atomic E-state index is -0.0238. The summed E-state index contributed by atoms with van der Waals surface area (Å²) in [5, 5.41) is 0.748. The number of aryl methyl sites for hydroxylation is 1. The Morgan fingerprint density at radius 2 is 1.38 bits per heavy atom. The van der Waals surface area contributed by atoms with Crippen molar-refractivity contribution in [2.24, 2.45) is 0 Å². The maximum Gasteiger partial charge on any atom is 0.230 e. The summed E-state index contributed by atoms with van der Waals surface area (Å²) in [7, 11) is 0. The number of nitrogens with zero attached hydrogens (tertiary/aromatic N) is 2. The number of rotatable bonds is 7. The Morgan fingerprint density at radius 1 is 0.794 bits per heavy atom. The second kappa shape index (κ2) is 10.0. The summed E-state index contributed by atoms with van der Waals surface area (Å²) in [5.74, 6) is 0.0440. The lowest BCUT2D eigenvalue weighted by Crippen LogP contribution is -2.31. The topological polar surface area (TPSA) is 33.2 Å². The lowest BCUT2D eigenvalue weighted by molar-refractivity contribution is -0.119. The largest absolute Gasteiger partial charge is 0.284 e. The molecule has 3 nitrogen and oxygen atoms in total. The zero-order valence-corrected chi connectivity index (χ0v) is 19.9. The van der Waals surface area contributed by atoms with Gasteiger partial charge in [0.05, 0.1) is 16.8 Å². The van der Waals surface area contributed by atoms with Gasteiger partial charge in [-0.15, -0.1) is 0 Å². The second-order valence-corrected chi connectivity index (χ2v) is 9.47. The van der Waals surface area contributed by atoms with Crippen LogP contribution >= 0.6 is 11.3 Å². The number of anilines is 1. The molecule has 0 fully saturated rings. The number of benzene rings is 4. The molecule has 34 heavy (non-hydrogen) atoms. The van der Waals surface area contributed by atoms with Crippen LogP contribution in [0.5, 0.6) is 0 Å². The third kappa shape index (κ3) is 4.78. The molecule has 1 heterocycles. The van der Waals surface area contributed by atoms with E-state index in [-0.39, 0.29) is 11.8 Å². The Bertz CT molecular complexity index is 1340. The molecule has 0 aliphatic carbocycles. The Balaban J connectivity index is 1.53. The molecule has 0 aliphatic rings. The Morgan fingerprint density at radius 3 is 1.97 bits per heavy atom. The first-order valence-corrected chi connectivity index (χ1v) is 12.3. The third-order valence-electron chi connectivity index (χ3n) is 6.11. The summed E-state index contributed by atoms with van der Waals surface area (Å²) in [6.07, 6.45) is 0.371. The molecular formula is C30H26N2OS. The predicted molar refractivity (Wildman–Crippen MR) is 141 cm³/mol. The monoisotopic (exact) mass is 462 g/mol. The first-order chi connectivity index (χ1) is 16.7. The standard InChI is InChI=1S/C30H26N2OS/c1-22-12-11-19-27-29(22)31-30(34-27)32(21-23-13-5-2-6-14-23)28(33)20-26(24-15-7-3-8-16-24)25-17-9-4-10-18-25/h2-19,26H,20-21H2,1H3. The Hall–Kier alpha value is -3.76. The summed E-state index contributed by atoms with van der Waals surface area (Å²) < 4.78 is 1.10. The van der Waals surface area contributed by atoms with Crippen molar-refractivity contribution in [2.45, 2.75) is 25.8 Å². The van der Waals surface area contributed by atoms with Crippen LogP contribution in [0.1, 0.15) is 34.6 Å². The zero-order valence-electron chi connectivity index (χ0n) is 19.1. The van der Waals surface area contributed by atoms with Gasteiger partial charge in [-0.2, -0.15) is 0 Å². The van der Waals surface area contributed by atoms with E-state index in [2.05, 4.69) is 55.5 Å². The van der Waals surface area contributed by atoms with Crippen molar-refractivity contribution >= 4 is 32.6 Å². The van der Waals surface area contributed by atoms with Crippen LogP contribution in [0.25, 0.3) is 10.2 Å². The molecule has 5 aromatic rings. The van der Waals surface area contributed by atoms with E-state index in [0.29, 0.717) is 13.0 Å². The fourth-order valence-corrected chi connectivity index (χ4v) is 5.36. The van der Waals surface area contributed by atoms with Crippen molar-refractivity contribution in [1.82, 2.24) is 4.98 Å². The van der Waals surface area contributed by atoms with Gasteiger partial charge in [0, 0.05) is 12.3 Å². The molecule has 5 rings (SSSR count). The minimum absolute atomic E-state index is 0.0238. The third-order valence-corrected chi connectivity index (χ3v) is 7.15. The van der Waals surface area contributed by atoms with Crippen LogP contribution in [-0.4, -0.2) is 10.9 Å². The fraction of sp³-hybridized carbons (Fsp3) is 0.133. The van der Waals surface area contributed by atoms with Crippen LogP contribution in [0.15, 0.2) is 109 Å². The molecule has 168 valence electrons. The van der Waals surface area contributed by atoms with E-state index in [0.717, 1.165) is 37.6 Å². The van der Waals surface area contributed by atoms with E-state index >= 15 is 0 Å². The molecule has 0 unspecified atom stereocenters. The lowest BCUT2D eigenvalue weighted by atomic mass is 9.88. The van der Waals surface area contributed by atoms with Crippen molar-refractivity contribution in [2.75, 3.05) is 4.90 Å². The van der Waals surface area contributed by atoms with Gasteiger partial charge in [0.1, 0.15) is 0 Å². The number of aromatic nitrogens is 1. The number of hydrogen-bond donors (Lipinski definition) is 0. The number of carbonyl (C=O) groups is 1. The van der Waals surface area contributed by atoms with Gasteiger partial charge in [-0.05, 0) is 35.2 Å². The highest BCUT2D eigenvalue weighted by molar-refractivity contribution is 7.22. The molecule has 0 aliphatic heterocycles. The number of carbonyl (C=O) groups excluding carboxylic acids is 1. The SMILES string of the molecule is Cc1cccc2sc(N(Cc3ccccc3)C(=O)CC(c3ccccc3)c3ccccc3)nc12. The number of fused-ring (bicyclic) bond motifs is 1. The maximum absolute atomic E-state index is 14.0. The summed E-state index contributed by atoms with van der Waals surface area (Å²) in [5.41, 5.74) is 5.46. The van der Waals surface area contributed by atoms with Crippen molar-refractivity contribution < 1.29 is 4.79 Å². The summed E-state index contributed by atoms with van der Waals surface area (Å²) >= 11 is 1.58. The molecule has 0 radical (unpaired) electrons. The van der Waals surface area contributed by atoms with Gasteiger partial charge in [0.15, 0.2) is 5.13 Å². The molecule has 0 atom stereocenters. The summed E-state index contributed by atoms with van der Waals surface area (Å²) in [6.45, 7) is 2.56. The highest BCUT2D eigenvalue weighted by atomic mass is 32.1. The molecule has 1 amide bonds. The summed E-state index contributed by atoms with van der Waals surface area (Å²) in [6, 6.07) is 36.9. The molecule has 0 saturated carbocycles. The van der Waals surface area contributed by atoms with Gasteiger partial charge < -0.3 is 0 Å². The highest BCUT2D eigenvalue weighted by Gasteiger charge is 2.25. The predicted octanol–water partition coefficient (Wildman–Crippen LogP) is 7.36. The van der Waals surface area contributed by atoms with Gasteiger partial charge in [-0.25, -0.2) is 4.98 Å². The average molecular weight is 463 g/mol. The first-order valence-electron chi connectivity index (χ1n) is 11.5. The lowest BCUT2D eigenvalue weighted by Gasteiger charge is -2.24. The molecule has 4 heteroatoms. The maximum atomic E-state index is 14.0. The Labute approximate surface area is 204 Å². The van der Waals surface area contributed by atoms with Crippen molar-refractivity contribution in [3.05, 3.63) is 131 Å². The van der Waals surface area contributed by atoms with E-state index in [4.69, 9.17) is 4.98 Å². The van der Waals surface area contributed by atoms with Crippen molar-refractivity contribution in [3.63, 3.8) is 0 Å². The van der Waals surface area contributed by atoms with Gasteiger partial charge in [-0.3, -0.25) is 9.69 Å². The molecule has 1 aromatic heterocycles. The fourth-order valence-electron chi connectivity index (χ4n) is 4.30. The van der Waals surface area contributed by atoms with E-state index < -0.39 is 0 Å². The average Bonchev–Trinajstić information content (AvgIpc) is 3.33. The van der Waals surface area contributed by atoms with Gasteiger partial charge in [0.25, 0.3) is 0 Å². The number of amides is 1. The van der Waals surface area contributed by atoms with E-state index in [9.17, 15) is 4.79 Å². The molecular weight excluding hydrogens is 436 g/mol. The number of thiazole rings is 1. The van der Waals surface area contributed by atoms with Gasteiger partial charge in [0.2, 0.25) is 5.91 Å². The van der Waals surface area contributed by atoms with Crippen molar-refractivity contribution in [3.8, 4) is 0 Å². The van der Waals surface area contributed by atoms with Crippen LogP contribution in [0.4, 0.5) is 5.13 Å². The molecule has 0 spiro atoms. The quantitative estimate of drug-likeness (QED) is 0.253. The normalized spacial score (nSPS) is 11.1. The van der Waals surface area contributed by atoms with Crippen LogP contribution < -0.4 is 4.90 Å². The highest BCUT2D eigenvalue weighted by Crippen LogP contribution is 2.34. The number of para-hydroxylation sites is 1. The number of hydrogen-bond acceptors (Lipinski definition) is 3. The molecule has 0 bridgehead atoms. The van der Waals surface area contributed by atoms with Gasteiger partial charge >= 0.3 is 0 Å². The van der Waals surface area contributed by atoms with Crippen LogP contribution in [0.3, 0.4) is 0 Å². The van der Waals surface area contributed by atoms with Crippen molar-refractivity contribution in [1.29, 1.82) is 0 Å². The Kier molecular flexibility index (Phi) is 6.50. The second-order valence-electron chi connectivity index (χ2n) is 8.46. The smallest absolute Gasteiger partial charge is 0.230 e. The first kappa shape index (κ1) is 22.1. The van der Waals surface area contributed by atoms with E-state index in [1.807, 2.05) is 65.6 Å². The van der Waals surface area contributed by atoms with E-state index in [1.165, 1.54) is 0 Å². The molecule has 0 N–H and O–H groups in total. The van der Waals surface area contributed by atoms with Crippen LogP contribution in [0.2, 0.25) is 0 Å². The minimum Gasteiger partial charge on any atom is -0.284 e. The summed E-state index contributed by atoms with van der Waals surface area (Å²) in [4.78, 5) is 20.7. The van der Waals surface area contributed by atoms with Crippen LogP contribution in [-0.2, 0) is 11.3 Å².